The zero-order valence-electron chi connectivity index (χ0n) is 10.6. The lowest BCUT2D eigenvalue weighted by Gasteiger charge is -2.11. The Kier molecular flexibility index (Phi) is 4.61. The molecule has 1 aromatic heterocycles. The van der Waals surface area contributed by atoms with Crippen LogP contribution in [-0.4, -0.2) is 14.2 Å². The van der Waals surface area contributed by atoms with Gasteiger partial charge in [0.2, 0.25) is 0 Å². The van der Waals surface area contributed by atoms with Gasteiger partial charge >= 0.3 is 0 Å². The zero-order chi connectivity index (χ0) is 12.8. The Morgan fingerprint density at radius 2 is 2.00 bits per heavy atom. The summed E-state index contributed by atoms with van der Waals surface area (Å²) in [5.74, 6) is 1.73. The third-order valence-corrected chi connectivity index (χ3v) is 3.56. The molecule has 1 N–H and O–H groups in total. The average molecular weight is 263 g/mol. The number of rotatable bonds is 6. The predicted octanol–water partition coefficient (Wildman–Crippen LogP) is 3.06. The summed E-state index contributed by atoms with van der Waals surface area (Å²) in [4.78, 5) is 1.33. The first-order chi connectivity index (χ1) is 8.83. The molecular formula is C14H17NO2S. The number of hydrogen-bond donors (Lipinski definition) is 1. The zero-order valence-corrected chi connectivity index (χ0v) is 11.4. The molecule has 0 bridgehead atoms. The minimum atomic E-state index is 0.762. The Labute approximate surface area is 111 Å². The normalized spacial score (nSPS) is 10.3. The van der Waals surface area contributed by atoms with E-state index in [1.54, 1.807) is 25.6 Å². The maximum atomic E-state index is 5.34. The minimum absolute atomic E-state index is 0.762. The fourth-order valence-corrected chi connectivity index (χ4v) is 2.43. The molecule has 0 radical (unpaired) electrons. The molecule has 0 saturated heterocycles. The molecule has 0 amide bonds. The number of hydrogen-bond acceptors (Lipinski definition) is 4. The molecule has 0 aliphatic carbocycles. The maximum absolute atomic E-state index is 5.34. The van der Waals surface area contributed by atoms with Crippen molar-refractivity contribution in [2.75, 3.05) is 14.2 Å². The monoisotopic (exact) mass is 263 g/mol. The highest BCUT2D eigenvalue weighted by molar-refractivity contribution is 7.09. The molecule has 3 nitrogen and oxygen atoms in total. The van der Waals surface area contributed by atoms with Gasteiger partial charge in [-0.05, 0) is 29.6 Å². The molecule has 4 heteroatoms. The molecule has 0 aliphatic rings. The van der Waals surface area contributed by atoms with E-state index < -0.39 is 0 Å². The number of ether oxygens (including phenoxy) is 2. The van der Waals surface area contributed by atoms with Crippen molar-refractivity contribution in [2.24, 2.45) is 0 Å². The number of thiophene rings is 1. The Balaban J connectivity index is 1.98. The molecular weight excluding hydrogens is 246 g/mol. The van der Waals surface area contributed by atoms with Gasteiger partial charge in [0.05, 0.1) is 14.2 Å². The summed E-state index contributed by atoms with van der Waals surface area (Å²) in [7, 11) is 3.36. The molecule has 0 spiro atoms. The fourth-order valence-electron chi connectivity index (χ4n) is 1.75. The molecule has 2 rings (SSSR count). The van der Waals surface area contributed by atoms with Crippen molar-refractivity contribution < 1.29 is 9.47 Å². The van der Waals surface area contributed by atoms with Crippen LogP contribution in [0.3, 0.4) is 0 Å². The third kappa shape index (κ3) is 3.24. The Bertz CT molecular complexity index is 483. The summed E-state index contributed by atoms with van der Waals surface area (Å²) in [5, 5.41) is 5.49. The van der Waals surface area contributed by atoms with Crippen molar-refractivity contribution in [3.05, 3.63) is 46.2 Å². The summed E-state index contributed by atoms with van der Waals surface area (Å²) in [5.41, 5.74) is 1.11. The van der Waals surface area contributed by atoms with Crippen LogP contribution in [0.1, 0.15) is 10.4 Å². The van der Waals surface area contributed by atoms with Crippen LogP contribution in [0.2, 0.25) is 0 Å². The summed E-state index contributed by atoms with van der Waals surface area (Å²) in [6, 6.07) is 10.0. The van der Waals surface area contributed by atoms with Crippen molar-refractivity contribution in [1.29, 1.82) is 0 Å². The van der Waals surface area contributed by atoms with Gasteiger partial charge in [-0.2, -0.15) is 0 Å². The van der Waals surface area contributed by atoms with Crippen molar-refractivity contribution in [3.8, 4) is 11.5 Å². The Hall–Kier alpha value is -1.52. The van der Waals surface area contributed by atoms with E-state index in [9.17, 15) is 0 Å². The smallest absolute Gasteiger partial charge is 0.123 e. The molecule has 0 atom stereocenters. The number of benzene rings is 1. The van der Waals surface area contributed by atoms with E-state index in [2.05, 4.69) is 22.8 Å². The van der Waals surface area contributed by atoms with Gasteiger partial charge in [0, 0.05) is 23.5 Å². The Morgan fingerprint density at radius 3 is 2.67 bits per heavy atom. The molecule has 18 heavy (non-hydrogen) atoms. The second kappa shape index (κ2) is 6.42. The van der Waals surface area contributed by atoms with Crippen LogP contribution >= 0.6 is 11.3 Å². The van der Waals surface area contributed by atoms with E-state index in [-0.39, 0.29) is 0 Å². The van der Waals surface area contributed by atoms with E-state index in [4.69, 9.17) is 9.47 Å². The lowest BCUT2D eigenvalue weighted by molar-refractivity contribution is 0.397. The summed E-state index contributed by atoms with van der Waals surface area (Å²) < 4.78 is 10.6. The second-order valence-electron chi connectivity index (χ2n) is 3.86. The third-order valence-electron chi connectivity index (χ3n) is 2.68. The lowest BCUT2D eigenvalue weighted by atomic mass is 10.2. The van der Waals surface area contributed by atoms with Crippen molar-refractivity contribution in [2.45, 2.75) is 13.1 Å². The van der Waals surface area contributed by atoms with Crippen LogP contribution in [0.4, 0.5) is 0 Å². The van der Waals surface area contributed by atoms with Crippen LogP contribution in [0, 0.1) is 0 Å². The SMILES string of the molecule is COc1ccc(OC)c(CNCc2cccs2)c1. The van der Waals surface area contributed by atoms with Gasteiger partial charge in [0.25, 0.3) is 0 Å². The lowest BCUT2D eigenvalue weighted by Crippen LogP contribution is -2.12. The maximum Gasteiger partial charge on any atom is 0.123 e. The molecule has 0 saturated carbocycles. The van der Waals surface area contributed by atoms with Gasteiger partial charge in [-0.3, -0.25) is 0 Å². The molecule has 96 valence electrons. The predicted molar refractivity (Wildman–Crippen MR) is 74.4 cm³/mol. The van der Waals surface area contributed by atoms with Gasteiger partial charge in [0.15, 0.2) is 0 Å². The Morgan fingerprint density at radius 1 is 1.11 bits per heavy atom. The summed E-state index contributed by atoms with van der Waals surface area (Å²) in [6.45, 7) is 1.64. The molecule has 1 aromatic carbocycles. The van der Waals surface area contributed by atoms with E-state index >= 15 is 0 Å². The van der Waals surface area contributed by atoms with E-state index in [1.165, 1.54) is 4.88 Å². The molecule has 2 aromatic rings. The standard InChI is InChI=1S/C14H17NO2S/c1-16-12-5-6-14(17-2)11(8-12)9-15-10-13-4-3-7-18-13/h3-8,15H,9-10H2,1-2H3. The van der Waals surface area contributed by atoms with Gasteiger partial charge in [0.1, 0.15) is 11.5 Å². The van der Waals surface area contributed by atoms with E-state index in [1.807, 2.05) is 18.2 Å². The van der Waals surface area contributed by atoms with Crippen molar-refractivity contribution in [1.82, 2.24) is 5.32 Å². The summed E-state index contributed by atoms with van der Waals surface area (Å²) in [6.07, 6.45) is 0. The quantitative estimate of drug-likeness (QED) is 0.869. The fraction of sp³-hybridized carbons (Fsp3) is 0.286. The van der Waals surface area contributed by atoms with Gasteiger partial charge in [-0.25, -0.2) is 0 Å². The highest BCUT2D eigenvalue weighted by atomic mass is 32.1. The first-order valence-electron chi connectivity index (χ1n) is 5.77. The van der Waals surface area contributed by atoms with Gasteiger partial charge < -0.3 is 14.8 Å². The first-order valence-corrected chi connectivity index (χ1v) is 6.65. The molecule has 0 unspecified atom stereocenters. The van der Waals surface area contributed by atoms with Crippen molar-refractivity contribution >= 4 is 11.3 Å². The van der Waals surface area contributed by atoms with Crippen LogP contribution in [0.25, 0.3) is 0 Å². The van der Waals surface area contributed by atoms with Gasteiger partial charge in [-0.1, -0.05) is 6.07 Å². The van der Waals surface area contributed by atoms with Crippen LogP contribution in [0.15, 0.2) is 35.7 Å². The van der Waals surface area contributed by atoms with E-state index in [0.29, 0.717) is 0 Å². The largest absolute Gasteiger partial charge is 0.497 e. The van der Waals surface area contributed by atoms with Crippen LogP contribution in [0.5, 0.6) is 11.5 Å². The second-order valence-corrected chi connectivity index (χ2v) is 4.89. The first kappa shape index (κ1) is 12.9. The molecule has 0 aliphatic heterocycles. The average Bonchev–Trinajstić information content (AvgIpc) is 2.92. The van der Waals surface area contributed by atoms with Crippen molar-refractivity contribution in [3.63, 3.8) is 0 Å². The van der Waals surface area contributed by atoms with Gasteiger partial charge in [-0.15, -0.1) is 11.3 Å². The molecule has 0 fully saturated rings. The minimum Gasteiger partial charge on any atom is -0.497 e. The highest BCUT2D eigenvalue weighted by Gasteiger charge is 2.04. The van der Waals surface area contributed by atoms with E-state index in [0.717, 1.165) is 30.2 Å². The number of methoxy groups -OCH3 is 2. The summed E-state index contributed by atoms with van der Waals surface area (Å²) >= 11 is 1.76. The highest BCUT2D eigenvalue weighted by Crippen LogP contribution is 2.23. The van der Waals surface area contributed by atoms with Crippen LogP contribution < -0.4 is 14.8 Å². The van der Waals surface area contributed by atoms with Crippen LogP contribution in [-0.2, 0) is 13.1 Å². The number of nitrogens with one attached hydrogen (secondary N) is 1. The topological polar surface area (TPSA) is 30.5 Å². The molecule has 1 heterocycles.